The molecule has 0 radical (unpaired) electrons. The molecule has 2 N–H and O–H groups in total. The van der Waals surface area contributed by atoms with Crippen molar-refractivity contribution < 1.29 is 29.9 Å². The fourth-order valence-corrected chi connectivity index (χ4v) is 2.04. The minimum atomic E-state index is -2.91. The molecule has 0 bridgehead atoms. The van der Waals surface area contributed by atoms with E-state index < -0.39 is 48.3 Å². The Morgan fingerprint density at radius 3 is 2.90 bits per heavy atom. The van der Waals surface area contributed by atoms with Crippen LogP contribution in [0.1, 0.15) is 7.57 Å². The standard InChI is InChI=1S/C10H9FN2O7/c11-10(3-14)6-5(18-9(17)19-6)7(20-10)13-2-1-4(15)12-8(13)16/h1-2,5-7,14H,3H2,(H,12,15,16)/t5-,6+,7-,10-/m1/s1/i7D. The molecule has 0 spiro atoms. The molecule has 2 fully saturated rings. The summed E-state index contributed by atoms with van der Waals surface area (Å²) in [6.45, 7) is -1.22. The summed E-state index contributed by atoms with van der Waals surface area (Å²) in [4.78, 5) is 35.8. The van der Waals surface area contributed by atoms with Crippen LogP contribution in [0.25, 0.3) is 0 Å². The molecule has 4 atom stereocenters. The van der Waals surface area contributed by atoms with Gasteiger partial charge < -0.3 is 19.3 Å². The number of aliphatic hydroxyl groups is 1. The van der Waals surface area contributed by atoms with Crippen LogP contribution in [-0.2, 0) is 14.2 Å². The number of carbonyl (C=O) groups excluding carboxylic acids is 1. The maximum absolute atomic E-state index is 14.4. The molecular formula is C10H9FN2O7. The van der Waals surface area contributed by atoms with E-state index in [4.69, 9.17) is 11.2 Å². The molecule has 2 saturated heterocycles. The number of aromatic nitrogens is 2. The number of hydrogen-bond acceptors (Lipinski definition) is 7. The Morgan fingerprint density at radius 2 is 2.25 bits per heavy atom. The Balaban J connectivity index is 2.14. The van der Waals surface area contributed by atoms with Crippen LogP contribution in [0.2, 0.25) is 0 Å². The van der Waals surface area contributed by atoms with Gasteiger partial charge in [0.15, 0.2) is 12.3 Å². The first-order valence-corrected chi connectivity index (χ1v) is 5.50. The van der Waals surface area contributed by atoms with Crippen molar-refractivity contribution in [3.8, 4) is 0 Å². The van der Waals surface area contributed by atoms with Crippen molar-refractivity contribution in [3.05, 3.63) is 33.1 Å². The van der Waals surface area contributed by atoms with Crippen molar-refractivity contribution in [1.29, 1.82) is 0 Å². The van der Waals surface area contributed by atoms with Gasteiger partial charge in [-0.3, -0.25) is 14.3 Å². The summed E-state index contributed by atoms with van der Waals surface area (Å²) in [5, 5.41) is 9.08. The van der Waals surface area contributed by atoms with Gasteiger partial charge >= 0.3 is 11.8 Å². The molecule has 10 heteroatoms. The van der Waals surface area contributed by atoms with Crippen LogP contribution in [0.4, 0.5) is 9.18 Å². The van der Waals surface area contributed by atoms with E-state index in [1.807, 2.05) is 4.98 Å². The van der Waals surface area contributed by atoms with Gasteiger partial charge in [-0.05, 0) is 0 Å². The van der Waals surface area contributed by atoms with Crippen molar-refractivity contribution in [1.82, 2.24) is 9.55 Å². The number of carbonyl (C=O) groups is 1. The maximum Gasteiger partial charge on any atom is 0.509 e. The van der Waals surface area contributed by atoms with Crippen LogP contribution >= 0.6 is 0 Å². The van der Waals surface area contributed by atoms with Gasteiger partial charge in [-0.1, -0.05) is 0 Å². The summed E-state index contributed by atoms with van der Waals surface area (Å²) in [5.41, 5.74) is -1.80. The van der Waals surface area contributed by atoms with Crippen molar-refractivity contribution in [2.24, 2.45) is 0 Å². The fraction of sp³-hybridized carbons (Fsp3) is 0.500. The van der Waals surface area contributed by atoms with E-state index >= 15 is 0 Å². The Hall–Kier alpha value is -2.20. The van der Waals surface area contributed by atoms with Gasteiger partial charge in [0.2, 0.25) is 6.10 Å². The second-order valence-corrected chi connectivity index (χ2v) is 4.19. The molecule has 0 unspecified atom stereocenters. The van der Waals surface area contributed by atoms with Gasteiger partial charge in [0.1, 0.15) is 6.61 Å². The van der Waals surface area contributed by atoms with Crippen LogP contribution in [0.3, 0.4) is 0 Å². The Bertz CT molecular complexity index is 720. The van der Waals surface area contributed by atoms with E-state index in [2.05, 4.69) is 9.47 Å². The third-order valence-corrected chi connectivity index (χ3v) is 2.94. The number of aromatic amines is 1. The molecule has 108 valence electrons. The van der Waals surface area contributed by atoms with Gasteiger partial charge in [-0.25, -0.2) is 14.0 Å². The largest absolute Gasteiger partial charge is 0.509 e. The smallest absolute Gasteiger partial charge is 0.422 e. The normalized spacial score (nSPS) is 39.9. The number of H-pyrrole nitrogens is 1. The predicted octanol–water partition coefficient (Wildman–Crippen LogP) is -1.37. The summed E-state index contributed by atoms with van der Waals surface area (Å²) in [6.07, 6.45) is -6.24. The van der Waals surface area contributed by atoms with Crippen molar-refractivity contribution in [2.75, 3.05) is 6.61 Å². The summed E-state index contributed by atoms with van der Waals surface area (Å²) < 4.78 is 37.1. The molecule has 2 aliphatic heterocycles. The van der Waals surface area contributed by atoms with Crippen LogP contribution in [0.5, 0.6) is 0 Å². The van der Waals surface area contributed by atoms with Gasteiger partial charge in [0.25, 0.3) is 11.4 Å². The topological polar surface area (TPSA) is 120 Å². The quantitative estimate of drug-likeness (QED) is 0.644. The molecule has 3 rings (SSSR count). The zero-order valence-corrected chi connectivity index (χ0v) is 9.74. The first-order valence-electron chi connectivity index (χ1n) is 6.00. The lowest BCUT2D eigenvalue weighted by Gasteiger charge is -2.21. The molecule has 20 heavy (non-hydrogen) atoms. The highest BCUT2D eigenvalue weighted by Crippen LogP contribution is 2.44. The van der Waals surface area contributed by atoms with E-state index in [9.17, 15) is 18.8 Å². The predicted molar refractivity (Wildman–Crippen MR) is 57.5 cm³/mol. The van der Waals surface area contributed by atoms with Crippen molar-refractivity contribution in [3.63, 3.8) is 0 Å². The molecule has 9 nitrogen and oxygen atoms in total. The Kier molecular flexibility index (Phi) is 2.41. The SMILES string of the molecule is [2H][C@@]1(n2ccc(=O)[nH]c2=O)O[C@](F)(CO)[C@H]2OC(=O)O[C@H]21. The first kappa shape index (κ1) is 11.6. The lowest BCUT2D eigenvalue weighted by molar-refractivity contribution is -0.210. The molecule has 0 aliphatic carbocycles. The minimum absolute atomic E-state index is 0.533. The third-order valence-electron chi connectivity index (χ3n) is 2.94. The Labute approximate surface area is 110 Å². The van der Waals surface area contributed by atoms with E-state index in [1.165, 1.54) is 0 Å². The molecule has 1 aromatic rings. The average Bonchev–Trinajstić information content (AvgIpc) is 2.89. The summed E-state index contributed by atoms with van der Waals surface area (Å²) in [6, 6.07) is 0.908. The number of hydrogen-bond donors (Lipinski definition) is 2. The first-order chi connectivity index (χ1) is 9.80. The number of nitrogens with zero attached hydrogens (tertiary/aromatic N) is 1. The highest BCUT2D eigenvalue weighted by atomic mass is 19.2. The maximum atomic E-state index is 14.4. The molecule has 1 aromatic heterocycles. The number of fused-ring (bicyclic) bond motifs is 1. The Morgan fingerprint density at radius 1 is 1.50 bits per heavy atom. The summed E-state index contributed by atoms with van der Waals surface area (Å²) in [7, 11) is 0. The van der Waals surface area contributed by atoms with Gasteiger partial charge in [-0.2, -0.15) is 0 Å². The monoisotopic (exact) mass is 289 g/mol. The lowest BCUT2D eigenvalue weighted by Crippen LogP contribution is -2.41. The number of alkyl halides is 1. The molecule has 3 heterocycles. The molecular weight excluding hydrogens is 279 g/mol. The number of nitrogens with one attached hydrogen (secondary N) is 1. The molecule has 0 saturated carbocycles. The number of aliphatic hydroxyl groups excluding tert-OH is 1. The second kappa shape index (κ2) is 4.15. The zero-order chi connectivity index (χ0) is 15.4. The minimum Gasteiger partial charge on any atom is -0.422 e. The summed E-state index contributed by atoms with van der Waals surface area (Å²) in [5.74, 6) is -2.91. The highest BCUT2D eigenvalue weighted by Gasteiger charge is 2.64. The van der Waals surface area contributed by atoms with Crippen LogP contribution in [-0.4, -0.2) is 45.5 Å². The van der Waals surface area contributed by atoms with Crippen molar-refractivity contribution in [2.45, 2.75) is 24.3 Å². The van der Waals surface area contributed by atoms with Crippen LogP contribution in [0.15, 0.2) is 21.9 Å². The molecule has 0 amide bonds. The number of rotatable bonds is 2. The van der Waals surface area contributed by atoms with E-state index in [1.54, 1.807) is 0 Å². The fourth-order valence-electron chi connectivity index (χ4n) is 2.04. The molecule has 2 aliphatic rings. The second-order valence-electron chi connectivity index (χ2n) is 4.19. The number of ether oxygens (including phenoxy) is 3. The van der Waals surface area contributed by atoms with Gasteiger partial charge in [0.05, 0.1) is 1.37 Å². The third kappa shape index (κ3) is 1.72. The lowest BCUT2D eigenvalue weighted by atomic mass is 10.1. The number of halogens is 1. The molecule has 0 aromatic carbocycles. The average molecular weight is 289 g/mol. The van der Waals surface area contributed by atoms with E-state index in [0.717, 1.165) is 12.3 Å². The van der Waals surface area contributed by atoms with E-state index in [0.29, 0.717) is 4.57 Å². The van der Waals surface area contributed by atoms with Crippen molar-refractivity contribution >= 4 is 6.16 Å². The van der Waals surface area contributed by atoms with E-state index in [-0.39, 0.29) is 0 Å². The van der Waals surface area contributed by atoms with Crippen LogP contribution < -0.4 is 11.2 Å². The van der Waals surface area contributed by atoms with Gasteiger partial charge in [0, 0.05) is 12.3 Å². The van der Waals surface area contributed by atoms with Gasteiger partial charge in [-0.15, -0.1) is 0 Å². The zero-order valence-electron chi connectivity index (χ0n) is 10.7. The van der Waals surface area contributed by atoms with Crippen LogP contribution in [0, 0.1) is 0 Å². The highest BCUT2D eigenvalue weighted by molar-refractivity contribution is 5.63. The summed E-state index contributed by atoms with van der Waals surface area (Å²) >= 11 is 0.